The van der Waals surface area contributed by atoms with Crippen LogP contribution in [0.25, 0.3) is 22.2 Å². The number of amides is 1. The van der Waals surface area contributed by atoms with Crippen LogP contribution in [-0.4, -0.2) is 56.7 Å². The van der Waals surface area contributed by atoms with Crippen molar-refractivity contribution in [1.29, 1.82) is 0 Å². The molecule has 0 atom stereocenters. The van der Waals surface area contributed by atoms with E-state index in [0.29, 0.717) is 28.7 Å². The van der Waals surface area contributed by atoms with Gasteiger partial charge in [-0.25, -0.2) is 4.98 Å². The molecule has 8 heteroatoms. The maximum absolute atomic E-state index is 13.7. The van der Waals surface area contributed by atoms with Gasteiger partial charge in [0.2, 0.25) is 0 Å². The first-order valence-electron chi connectivity index (χ1n) is 11.2. The van der Waals surface area contributed by atoms with Crippen LogP contribution in [0.3, 0.4) is 0 Å². The van der Waals surface area contributed by atoms with E-state index in [4.69, 9.17) is 28.2 Å². The Morgan fingerprint density at radius 1 is 1.03 bits per heavy atom. The average Bonchev–Trinajstić information content (AvgIpc) is 3.18. The molecule has 0 aliphatic carbocycles. The van der Waals surface area contributed by atoms with Gasteiger partial charge in [-0.1, -0.05) is 47.5 Å². The minimum Gasteiger partial charge on any atom is -0.336 e. The van der Waals surface area contributed by atoms with Crippen molar-refractivity contribution in [2.75, 3.05) is 26.2 Å². The highest BCUT2D eigenvalue weighted by atomic mass is 35.5. The zero-order chi connectivity index (χ0) is 23.8. The molecule has 0 radical (unpaired) electrons. The first-order chi connectivity index (χ1) is 16.4. The second-order valence-electron chi connectivity index (χ2n) is 8.64. The summed E-state index contributed by atoms with van der Waals surface area (Å²) in [5.41, 5.74) is 5.24. The first kappa shape index (κ1) is 22.8. The number of halogens is 2. The summed E-state index contributed by atoms with van der Waals surface area (Å²) in [5, 5.41) is 6.53. The largest absolute Gasteiger partial charge is 0.336 e. The Morgan fingerprint density at radius 3 is 2.50 bits per heavy atom. The highest BCUT2D eigenvalue weighted by Gasteiger charge is 2.25. The molecule has 1 aliphatic heterocycles. The standard InChI is InChI=1S/C26H25Cl2N5O/c1-17-22(15-29-31(17)2)25-14-21(20-5-3-4-6-24(20)30-25)26(34)33-11-9-32(10-12-33)16-18-7-8-19(27)13-23(18)28/h3-8,13-15H,9-12,16H2,1-2H3. The molecule has 4 aromatic rings. The monoisotopic (exact) mass is 493 g/mol. The zero-order valence-electron chi connectivity index (χ0n) is 19.1. The van der Waals surface area contributed by atoms with Crippen LogP contribution in [-0.2, 0) is 13.6 Å². The molecule has 1 fully saturated rings. The highest BCUT2D eigenvalue weighted by Crippen LogP contribution is 2.28. The highest BCUT2D eigenvalue weighted by molar-refractivity contribution is 6.35. The third kappa shape index (κ3) is 4.41. The quantitative estimate of drug-likeness (QED) is 0.391. The van der Waals surface area contributed by atoms with Crippen molar-refractivity contribution in [3.8, 4) is 11.3 Å². The molecule has 0 unspecified atom stereocenters. The number of pyridine rings is 1. The Labute approximate surface area is 208 Å². The molecule has 34 heavy (non-hydrogen) atoms. The molecule has 3 heterocycles. The van der Waals surface area contributed by atoms with Crippen LogP contribution in [0.5, 0.6) is 0 Å². The molecule has 1 aliphatic rings. The van der Waals surface area contributed by atoms with Gasteiger partial charge in [-0.3, -0.25) is 14.4 Å². The van der Waals surface area contributed by atoms with Gasteiger partial charge in [0.05, 0.1) is 23.0 Å². The van der Waals surface area contributed by atoms with Crippen molar-refractivity contribution in [3.63, 3.8) is 0 Å². The fourth-order valence-corrected chi connectivity index (χ4v) is 4.88. The summed E-state index contributed by atoms with van der Waals surface area (Å²) >= 11 is 12.4. The second kappa shape index (κ2) is 9.37. The summed E-state index contributed by atoms with van der Waals surface area (Å²) < 4.78 is 1.82. The number of piperazine rings is 1. The van der Waals surface area contributed by atoms with Gasteiger partial charge >= 0.3 is 0 Å². The predicted molar refractivity (Wildman–Crippen MR) is 136 cm³/mol. The van der Waals surface area contributed by atoms with E-state index >= 15 is 0 Å². The van der Waals surface area contributed by atoms with Gasteiger partial charge in [-0.05, 0) is 36.8 Å². The molecule has 0 N–H and O–H groups in total. The van der Waals surface area contributed by atoms with E-state index in [1.165, 1.54) is 0 Å². The van der Waals surface area contributed by atoms with Crippen molar-refractivity contribution in [1.82, 2.24) is 24.6 Å². The van der Waals surface area contributed by atoms with E-state index in [9.17, 15) is 4.79 Å². The van der Waals surface area contributed by atoms with Crippen LogP contribution >= 0.6 is 23.2 Å². The SMILES string of the molecule is Cc1c(-c2cc(C(=O)N3CCN(Cc4ccc(Cl)cc4Cl)CC3)c3ccccc3n2)cnn1C. The molecule has 2 aromatic carbocycles. The molecule has 1 amide bonds. The summed E-state index contributed by atoms with van der Waals surface area (Å²) in [5.74, 6) is 0.0329. The Hall–Kier alpha value is -2.93. The Bertz CT molecular complexity index is 1380. The summed E-state index contributed by atoms with van der Waals surface area (Å²) in [7, 11) is 1.91. The fourth-order valence-electron chi connectivity index (χ4n) is 4.41. The van der Waals surface area contributed by atoms with E-state index < -0.39 is 0 Å². The lowest BCUT2D eigenvalue weighted by Crippen LogP contribution is -2.48. The van der Waals surface area contributed by atoms with Crippen LogP contribution in [0, 0.1) is 6.92 Å². The zero-order valence-corrected chi connectivity index (χ0v) is 20.6. The topological polar surface area (TPSA) is 54.3 Å². The van der Waals surface area contributed by atoms with Gasteiger partial charge in [-0.15, -0.1) is 0 Å². The van der Waals surface area contributed by atoms with Crippen LogP contribution in [0.1, 0.15) is 21.6 Å². The number of nitrogens with zero attached hydrogens (tertiary/aromatic N) is 5. The number of benzene rings is 2. The van der Waals surface area contributed by atoms with Crippen molar-refractivity contribution in [3.05, 3.63) is 81.6 Å². The molecule has 6 nitrogen and oxygen atoms in total. The summed E-state index contributed by atoms with van der Waals surface area (Å²) in [6.45, 7) is 5.61. The van der Waals surface area contributed by atoms with Gasteiger partial charge in [-0.2, -0.15) is 5.10 Å². The lowest BCUT2D eigenvalue weighted by atomic mass is 10.0. The third-order valence-electron chi connectivity index (χ3n) is 6.53. The number of carbonyl (C=O) groups excluding carboxylic acids is 1. The molecular formula is C26H25Cl2N5O. The number of hydrogen-bond acceptors (Lipinski definition) is 4. The predicted octanol–water partition coefficient (Wildman–Crippen LogP) is 5.21. The number of aromatic nitrogens is 3. The molecule has 5 rings (SSSR count). The summed E-state index contributed by atoms with van der Waals surface area (Å²) in [4.78, 5) is 22.7. The van der Waals surface area contributed by atoms with E-state index in [1.807, 2.05) is 66.0 Å². The third-order valence-corrected chi connectivity index (χ3v) is 7.11. The average molecular weight is 494 g/mol. The van der Waals surface area contributed by atoms with E-state index in [0.717, 1.165) is 53.1 Å². The summed E-state index contributed by atoms with van der Waals surface area (Å²) in [6, 6.07) is 15.3. The second-order valence-corrected chi connectivity index (χ2v) is 9.49. The molecule has 1 saturated heterocycles. The van der Waals surface area contributed by atoms with E-state index in [1.54, 1.807) is 12.3 Å². The Balaban J connectivity index is 1.38. The van der Waals surface area contributed by atoms with Crippen molar-refractivity contribution >= 4 is 40.0 Å². The van der Waals surface area contributed by atoms with E-state index in [-0.39, 0.29) is 5.91 Å². The van der Waals surface area contributed by atoms with Gasteiger partial charge in [0.25, 0.3) is 5.91 Å². The van der Waals surface area contributed by atoms with Crippen molar-refractivity contribution < 1.29 is 4.79 Å². The van der Waals surface area contributed by atoms with Crippen LogP contribution in [0.4, 0.5) is 0 Å². The number of rotatable bonds is 4. The lowest BCUT2D eigenvalue weighted by Gasteiger charge is -2.35. The van der Waals surface area contributed by atoms with Gasteiger partial charge in [0.15, 0.2) is 0 Å². The number of carbonyl (C=O) groups is 1. The van der Waals surface area contributed by atoms with Crippen molar-refractivity contribution in [2.24, 2.45) is 7.05 Å². The van der Waals surface area contributed by atoms with Gasteiger partial charge in [0.1, 0.15) is 0 Å². The molecular weight excluding hydrogens is 469 g/mol. The number of hydrogen-bond donors (Lipinski definition) is 0. The molecule has 0 spiro atoms. The Kier molecular flexibility index (Phi) is 6.30. The Morgan fingerprint density at radius 2 is 1.79 bits per heavy atom. The normalized spacial score (nSPS) is 14.6. The lowest BCUT2D eigenvalue weighted by molar-refractivity contribution is 0.0630. The smallest absolute Gasteiger partial charge is 0.254 e. The molecule has 174 valence electrons. The summed E-state index contributed by atoms with van der Waals surface area (Å²) in [6.07, 6.45) is 1.81. The van der Waals surface area contributed by atoms with E-state index in [2.05, 4.69) is 10.00 Å². The molecule has 2 aromatic heterocycles. The maximum Gasteiger partial charge on any atom is 0.254 e. The molecule has 0 saturated carbocycles. The van der Waals surface area contributed by atoms with Crippen molar-refractivity contribution in [2.45, 2.75) is 13.5 Å². The van der Waals surface area contributed by atoms with Crippen LogP contribution in [0.2, 0.25) is 10.0 Å². The number of aryl methyl sites for hydroxylation is 1. The minimum atomic E-state index is 0.0329. The van der Waals surface area contributed by atoms with Gasteiger partial charge in [0, 0.05) is 66.5 Å². The molecule has 0 bridgehead atoms. The first-order valence-corrected chi connectivity index (χ1v) is 12.0. The van der Waals surface area contributed by atoms with Gasteiger partial charge < -0.3 is 4.90 Å². The fraction of sp³-hybridized carbons (Fsp3) is 0.269. The minimum absolute atomic E-state index is 0.0329. The number of fused-ring (bicyclic) bond motifs is 1. The maximum atomic E-state index is 13.7. The van der Waals surface area contributed by atoms with Crippen LogP contribution in [0.15, 0.2) is 54.7 Å². The van der Waals surface area contributed by atoms with Crippen LogP contribution < -0.4 is 0 Å². The number of para-hydroxylation sites is 1.